The van der Waals surface area contributed by atoms with Crippen LogP contribution in [-0.4, -0.2) is 23.0 Å². The van der Waals surface area contributed by atoms with Crippen LogP contribution in [0.15, 0.2) is 60.8 Å². The van der Waals surface area contributed by atoms with Crippen molar-refractivity contribution in [2.75, 3.05) is 12.4 Å². The number of benzene rings is 2. The van der Waals surface area contributed by atoms with Gasteiger partial charge < -0.3 is 10.1 Å². The summed E-state index contributed by atoms with van der Waals surface area (Å²) in [6.07, 6.45) is 1.68. The second kappa shape index (κ2) is 6.44. The second-order valence-corrected chi connectivity index (χ2v) is 6.02. The van der Waals surface area contributed by atoms with Crippen LogP contribution in [0.5, 0.6) is 5.75 Å². The van der Waals surface area contributed by atoms with Crippen LogP contribution in [0.4, 0.5) is 5.69 Å². The second-order valence-electron chi connectivity index (χ2n) is 6.02. The van der Waals surface area contributed by atoms with Gasteiger partial charge in [-0.25, -0.2) is 0 Å². The quantitative estimate of drug-likeness (QED) is 0.600. The molecule has 5 heteroatoms. The number of anilines is 1. The van der Waals surface area contributed by atoms with E-state index in [4.69, 9.17) is 4.74 Å². The van der Waals surface area contributed by atoms with Gasteiger partial charge >= 0.3 is 0 Å². The molecule has 4 aromatic rings. The zero-order valence-corrected chi connectivity index (χ0v) is 14.5. The third kappa shape index (κ3) is 2.84. The number of carbonyl (C=O) groups is 1. The molecule has 0 aliphatic carbocycles. The number of pyridine rings is 2. The van der Waals surface area contributed by atoms with E-state index in [0.717, 1.165) is 27.5 Å². The van der Waals surface area contributed by atoms with E-state index in [2.05, 4.69) is 15.3 Å². The molecule has 2 heterocycles. The van der Waals surface area contributed by atoms with Gasteiger partial charge in [0.2, 0.25) is 0 Å². The first-order chi connectivity index (χ1) is 12.7. The lowest BCUT2D eigenvalue weighted by molar-refractivity contribution is 0.102. The highest BCUT2D eigenvalue weighted by molar-refractivity contribution is 6.14. The van der Waals surface area contributed by atoms with Crippen molar-refractivity contribution in [2.45, 2.75) is 6.92 Å². The molecule has 1 amide bonds. The fourth-order valence-corrected chi connectivity index (χ4v) is 3.05. The summed E-state index contributed by atoms with van der Waals surface area (Å²) in [7, 11) is 1.61. The normalized spacial score (nSPS) is 10.8. The molecule has 0 saturated carbocycles. The molecule has 0 fully saturated rings. The number of ether oxygens (including phenoxy) is 1. The number of carbonyl (C=O) groups excluding carboxylic acids is 1. The standard InChI is InChI=1S/C21H17N3O2/c1-13-11-16(15-5-3-4-6-19(15)23-13)21(25)24-20-9-10-22-18-8-7-14(26-2)12-17(18)20/h3-12H,1-2H3,(H,22,24,25). The van der Waals surface area contributed by atoms with Gasteiger partial charge in [-0.15, -0.1) is 0 Å². The lowest BCUT2D eigenvalue weighted by Crippen LogP contribution is -2.13. The van der Waals surface area contributed by atoms with Gasteiger partial charge in [-0.05, 0) is 43.3 Å². The molecule has 1 N–H and O–H groups in total. The van der Waals surface area contributed by atoms with Gasteiger partial charge in [0.15, 0.2) is 0 Å². The van der Waals surface area contributed by atoms with Gasteiger partial charge in [0.25, 0.3) is 5.91 Å². The van der Waals surface area contributed by atoms with E-state index < -0.39 is 0 Å². The summed E-state index contributed by atoms with van der Waals surface area (Å²) in [6.45, 7) is 1.88. The highest BCUT2D eigenvalue weighted by atomic mass is 16.5. The van der Waals surface area contributed by atoms with E-state index in [1.165, 1.54) is 0 Å². The molecule has 26 heavy (non-hydrogen) atoms. The van der Waals surface area contributed by atoms with Crippen LogP contribution in [0.2, 0.25) is 0 Å². The SMILES string of the molecule is COc1ccc2nccc(NC(=O)c3cc(C)nc4ccccc34)c2c1. The Labute approximate surface area is 150 Å². The summed E-state index contributed by atoms with van der Waals surface area (Å²) < 4.78 is 5.29. The zero-order chi connectivity index (χ0) is 18.1. The smallest absolute Gasteiger partial charge is 0.256 e. The Morgan fingerprint density at radius 3 is 2.69 bits per heavy atom. The first-order valence-corrected chi connectivity index (χ1v) is 8.26. The topological polar surface area (TPSA) is 64.1 Å². The predicted octanol–water partition coefficient (Wildman–Crippen LogP) is 4.35. The molecular weight excluding hydrogens is 326 g/mol. The highest BCUT2D eigenvalue weighted by Crippen LogP contribution is 2.27. The van der Waals surface area contributed by atoms with Crippen LogP contribution in [0.3, 0.4) is 0 Å². The Hall–Kier alpha value is -3.47. The number of aryl methyl sites for hydroxylation is 1. The molecule has 0 aliphatic rings. The number of nitrogens with one attached hydrogen (secondary N) is 1. The average molecular weight is 343 g/mol. The van der Waals surface area contributed by atoms with E-state index >= 15 is 0 Å². The molecule has 0 spiro atoms. The third-order valence-electron chi connectivity index (χ3n) is 4.29. The number of nitrogens with zero attached hydrogens (tertiary/aromatic N) is 2. The largest absolute Gasteiger partial charge is 0.497 e. The van der Waals surface area contributed by atoms with E-state index in [9.17, 15) is 4.79 Å². The third-order valence-corrected chi connectivity index (χ3v) is 4.29. The Kier molecular flexibility index (Phi) is 3.97. The van der Waals surface area contributed by atoms with Crippen molar-refractivity contribution in [3.05, 3.63) is 72.1 Å². The molecule has 128 valence electrons. The molecule has 0 saturated heterocycles. The van der Waals surface area contributed by atoms with Gasteiger partial charge in [0.05, 0.1) is 29.4 Å². The van der Waals surface area contributed by atoms with E-state index in [0.29, 0.717) is 17.0 Å². The maximum absolute atomic E-state index is 13.0. The van der Waals surface area contributed by atoms with Gasteiger partial charge in [-0.3, -0.25) is 14.8 Å². The number of amides is 1. The number of rotatable bonds is 3. The maximum atomic E-state index is 13.0. The molecule has 0 aliphatic heterocycles. The monoisotopic (exact) mass is 343 g/mol. The summed E-state index contributed by atoms with van der Waals surface area (Å²) in [5.74, 6) is 0.535. The van der Waals surface area contributed by atoms with Crippen LogP contribution >= 0.6 is 0 Å². The van der Waals surface area contributed by atoms with Crippen molar-refractivity contribution < 1.29 is 9.53 Å². The minimum atomic E-state index is -0.179. The number of hydrogen-bond donors (Lipinski definition) is 1. The number of para-hydroxylation sites is 1. The minimum absolute atomic E-state index is 0.179. The van der Waals surface area contributed by atoms with E-state index in [1.54, 1.807) is 19.4 Å². The Balaban J connectivity index is 1.79. The number of aromatic nitrogens is 2. The Bertz CT molecular complexity index is 1140. The molecule has 4 rings (SSSR count). The average Bonchev–Trinajstić information content (AvgIpc) is 2.67. The molecule has 0 unspecified atom stereocenters. The number of methoxy groups -OCH3 is 1. The molecule has 0 atom stereocenters. The first-order valence-electron chi connectivity index (χ1n) is 8.26. The zero-order valence-electron chi connectivity index (χ0n) is 14.5. The van der Waals surface area contributed by atoms with E-state index in [-0.39, 0.29) is 5.91 Å². The summed E-state index contributed by atoms with van der Waals surface area (Å²) in [4.78, 5) is 21.8. The summed E-state index contributed by atoms with van der Waals surface area (Å²) in [6, 6.07) is 16.8. The summed E-state index contributed by atoms with van der Waals surface area (Å²) >= 11 is 0. The van der Waals surface area contributed by atoms with Crippen molar-refractivity contribution >= 4 is 33.4 Å². The van der Waals surface area contributed by atoms with Gasteiger partial charge in [-0.1, -0.05) is 18.2 Å². The fourth-order valence-electron chi connectivity index (χ4n) is 3.05. The van der Waals surface area contributed by atoms with Crippen LogP contribution in [0.1, 0.15) is 16.1 Å². The highest BCUT2D eigenvalue weighted by Gasteiger charge is 2.14. The van der Waals surface area contributed by atoms with Crippen LogP contribution in [0, 0.1) is 6.92 Å². The minimum Gasteiger partial charge on any atom is -0.497 e. The number of fused-ring (bicyclic) bond motifs is 2. The Morgan fingerprint density at radius 2 is 1.85 bits per heavy atom. The lowest BCUT2D eigenvalue weighted by Gasteiger charge is -2.11. The molecule has 2 aromatic carbocycles. The summed E-state index contributed by atoms with van der Waals surface area (Å²) in [5.41, 5.74) is 3.69. The van der Waals surface area contributed by atoms with Crippen LogP contribution in [-0.2, 0) is 0 Å². The van der Waals surface area contributed by atoms with Crippen molar-refractivity contribution in [2.24, 2.45) is 0 Å². The molecule has 0 radical (unpaired) electrons. The van der Waals surface area contributed by atoms with E-state index in [1.807, 2.05) is 55.5 Å². The van der Waals surface area contributed by atoms with Crippen LogP contribution < -0.4 is 10.1 Å². The maximum Gasteiger partial charge on any atom is 0.256 e. The van der Waals surface area contributed by atoms with Crippen molar-refractivity contribution in [1.82, 2.24) is 9.97 Å². The van der Waals surface area contributed by atoms with Crippen molar-refractivity contribution in [1.29, 1.82) is 0 Å². The lowest BCUT2D eigenvalue weighted by atomic mass is 10.1. The van der Waals surface area contributed by atoms with Gasteiger partial charge in [0.1, 0.15) is 5.75 Å². The Morgan fingerprint density at radius 1 is 1.00 bits per heavy atom. The molecule has 2 aromatic heterocycles. The summed E-state index contributed by atoms with van der Waals surface area (Å²) in [5, 5.41) is 4.66. The van der Waals surface area contributed by atoms with Crippen molar-refractivity contribution in [3.8, 4) is 5.75 Å². The van der Waals surface area contributed by atoms with Crippen molar-refractivity contribution in [3.63, 3.8) is 0 Å². The predicted molar refractivity (Wildman–Crippen MR) is 103 cm³/mol. The molecular formula is C21H17N3O2. The van der Waals surface area contributed by atoms with Crippen LogP contribution in [0.25, 0.3) is 21.8 Å². The van der Waals surface area contributed by atoms with Gasteiger partial charge in [0, 0.05) is 22.7 Å². The molecule has 0 bridgehead atoms. The first kappa shape index (κ1) is 16.0. The number of hydrogen-bond acceptors (Lipinski definition) is 4. The molecule has 5 nitrogen and oxygen atoms in total. The fraction of sp³-hybridized carbons (Fsp3) is 0.0952. The van der Waals surface area contributed by atoms with Gasteiger partial charge in [-0.2, -0.15) is 0 Å².